The van der Waals surface area contributed by atoms with Crippen molar-refractivity contribution in [3.8, 4) is 0 Å². The van der Waals surface area contributed by atoms with E-state index in [1.54, 1.807) is 4.90 Å². The molecular weight excluding hydrogens is 451 g/mol. The van der Waals surface area contributed by atoms with Crippen molar-refractivity contribution in [2.45, 2.75) is 38.0 Å². The molecule has 34 heavy (non-hydrogen) atoms. The number of piperidine rings is 1. The minimum atomic E-state index is -4.51. The number of urea groups is 1. The van der Waals surface area contributed by atoms with E-state index in [2.05, 4.69) is 27.4 Å². The van der Waals surface area contributed by atoms with Gasteiger partial charge in [-0.25, -0.2) is 9.78 Å². The molecule has 1 aromatic carbocycles. The van der Waals surface area contributed by atoms with Crippen LogP contribution in [0.4, 0.5) is 35.2 Å². The molecule has 8 nitrogen and oxygen atoms in total. The van der Waals surface area contributed by atoms with Gasteiger partial charge in [0.05, 0.1) is 18.8 Å². The maximum absolute atomic E-state index is 13.0. The molecular formula is C23H26F3N5O3. The first-order chi connectivity index (χ1) is 16.2. The van der Waals surface area contributed by atoms with Crippen molar-refractivity contribution < 1.29 is 27.5 Å². The van der Waals surface area contributed by atoms with Crippen LogP contribution in [-0.4, -0.2) is 55.3 Å². The van der Waals surface area contributed by atoms with E-state index in [9.17, 15) is 22.8 Å². The highest BCUT2D eigenvalue weighted by Gasteiger charge is 2.32. The first-order valence-corrected chi connectivity index (χ1v) is 11.1. The number of hydrogen-bond donors (Lipinski definition) is 2. The summed E-state index contributed by atoms with van der Waals surface area (Å²) in [6.07, 6.45) is -2.71. The fraction of sp³-hybridized carbons (Fsp3) is 0.435. The zero-order chi connectivity index (χ0) is 24.3. The van der Waals surface area contributed by atoms with Crippen LogP contribution in [0.15, 0.2) is 42.6 Å². The number of amides is 3. The third kappa shape index (κ3) is 5.41. The summed E-state index contributed by atoms with van der Waals surface area (Å²) in [4.78, 5) is 32.9. The lowest BCUT2D eigenvalue weighted by molar-refractivity contribution is -0.137. The Morgan fingerprint density at radius 2 is 1.85 bits per heavy atom. The molecule has 0 saturated carbocycles. The lowest BCUT2D eigenvalue weighted by Crippen LogP contribution is -2.53. The largest absolute Gasteiger partial charge is 0.417 e. The number of pyridine rings is 1. The number of carbonyl (C=O) groups is 2. The number of rotatable bonds is 4. The van der Waals surface area contributed by atoms with Gasteiger partial charge in [0.1, 0.15) is 11.9 Å². The molecule has 182 valence electrons. The van der Waals surface area contributed by atoms with Gasteiger partial charge in [-0.1, -0.05) is 0 Å². The molecule has 1 aromatic heterocycles. The second-order valence-corrected chi connectivity index (χ2v) is 8.35. The topological polar surface area (TPSA) is 86.8 Å². The summed E-state index contributed by atoms with van der Waals surface area (Å²) in [7, 11) is 0. The normalized spacial score (nSPS) is 21.4. The van der Waals surface area contributed by atoms with Crippen LogP contribution >= 0.6 is 0 Å². The van der Waals surface area contributed by atoms with Gasteiger partial charge in [0.15, 0.2) is 0 Å². The number of hydrogen-bond acceptors (Lipinski definition) is 5. The van der Waals surface area contributed by atoms with Crippen molar-refractivity contribution in [3.63, 3.8) is 0 Å². The molecule has 2 aromatic rings. The standard InChI is InChI=1S/C23H26F3N5O3/c1-15-14-34-12-11-30(15)17-5-7-18(8-6-17)31-10-2-3-19(21(31)32)28-22(33)29-20-9-4-16(13-27-20)23(24,25)26/h4-9,13,15,19H,2-3,10-12,14H2,1H3,(H2,27,28,29,33). The van der Waals surface area contributed by atoms with E-state index < -0.39 is 23.8 Å². The van der Waals surface area contributed by atoms with Gasteiger partial charge < -0.3 is 19.9 Å². The van der Waals surface area contributed by atoms with E-state index in [0.29, 0.717) is 38.8 Å². The van der Waals surface area contributed by atoms with Crippen LogP contribution in [0, 0.1) is 0 Å². The molecule has 0 radical (unpaired) electrons. The predicted molar refractivity (Wildman–Crippen MR) is 121 cm³/mol. The summed E-state index contributed by atoms with van der Waals surface area (Å²) < 4.78 is 43.4. The van der Waals surface area contributed by atoms with Crippen LogP contribution < -0.4 is 20.4 Å². The molecule has 3 heterocycles. The van der Waals surface area contributed by atoms with E-state index in [1.807, 2.05) is 24.3 Å². The third-order valence-corrected chi connectivity index (χ3v) is 5.94. The summed E-state index contributed by atoms with van der Waals surface area (Å²) in [6.45, 7) is 4.78. The van der Waals surface area contributed by atoms with Gasteiger partial charge in [-0.05, 0) is 56.2 Å². The first-order valence-electron chi connectivity index (χ1n) is 11.1. The number of aromatic nitrogens is 1. The number of benzene rings is 1. The van der Waals surface area contributed by atoms with Crippen molar-refractivity contribution in [2.75, 3.05) is 41.4 Å². The van der Waals surface area contributed by atoms with Gasteiger partial charge >= 0.3 is 12.2 Å². The van der Waals surface area contributed by atoms with Crippen molar-refractivity contribution in [1.29, 1.82) is 0 Å². The van der Waals surface area contributed by atoms with E-state index in [-0.39, 0.29) is 17.8 Å². The second kappa shape index (κ2) is 9.88. The lowest BCUT2D eigenvalue weighted by atomic mass is 10.0. The number of nitrogens with one attached hydrogen (secondary N) is 2. The van der Waals surface area contributed by atoms with Gasteiger partial charge in [0.2, 0.25) is 5.91 Å². The Morgan fingerprint density at radius 1 is 1.12 bits per heavy atom. The number of anilines is 3. The lowest BCUT2D eigenvalue weighted by Gasteiger charge is -2.36. The second-order valence-electron chi connectivity index (χ2n) is 8.35. The summed E-state index contributed by atoms with van der Waals surface area (Å²) in [6, 6.07) is 8.45. The van der Waals surface area contributed by atoms with Crippen LogP contribution in [-0.2, 0) is 15.7 Å². The summed E-state index contributed by atoms with van der Waals surface area (Å²) in [5, 5.41) is 4.98. The number of alkyl halides is 3. The zero-order valence-electron chi connectivity index (χ0n) is 18.6. The molecule has 4 rings (SSSR count). The Hall–Kier alpha value is -3.34. The van der Waals surface area contributed by atoms with E-state index in [4.69, 9.17) is 4.74 Å². The summed E-state index contributed by atoms with van der Waals surface area (Å²) in [5.41, 5.74) is 0.888. The van der Waals surface area contributed by atoms with E-state index in [0.717, 1.165) is 30.1 Å². The Labute approximate surface area is 195 Å². The number of halogens is 3. The smallest absolute Gasteiger partial charge is 0.377 e. The number of ether oxygens (including phenoxy) is 1. The highest BCUT2D eigenvalue weighted by molar-refractivity contribution is 6.01. The molecule has 2 unspecified atom stereocenters. The molecule has 2 fully saturated rings. The highest BCUT2D eigenvalue weighted by Crippen LogP contribution is 2.29. The Bertz CT molecular complexity index is 1010. The maximum atomic E-state index is 13.0. The van der Waals surface area contributed by atoms with Crippen LogP contribution in [0.2, 0.25) is 0 Å². The fourth-order valence-electron chi connectivity index (χ4n) is 4.15. The number of nitrogens with zero attached hydrogens (tertiary/aromatic N) is 3. The average molecular weight is 477 g/mol. The minimum absolute atomic E-state index is 0.0430. The van der Waals surface area contributed by atoms with Gasteiger partial charge in [0.25, 0.3) is 0 Å². The maximum Gasteiger partial charge on any atom is 0.417 e. The van der Waals surface area contributed by atoms with Gasteiger partial charge in [-0.15, -0.1) is 0 Å². The van der Waals surface area contributed by atoms with Gasteiger partial charge in [-0.2, -0.15) is 13.2 Å². The van der Waals surface area contributed by atoms with Crippen molar-refractivity contribution >= 4 is 29.1 Å². The monoisotopic (exact) mass is 477 g/mol. The van der Waals surface area contributed by atoms with Gasteiger partial charge in [-0.3, -0.25) is 10.1 Å². The quantitative estimate of drug-likeness (QED) is 0.702. The SMILES string of the molecule is CC1COCCN1c1ccc(N2CCCC(NC(=O)Nc3ccc(C(F)(F)F)cn3)C2=O)cc1. The van der Waals surface area contributed by atoms with Crippen molar-refractivity contribution in [1.82, 2.24) is 10.3 Å². The zero-order valence-corrected chi connectivity index (χ0v) is 18.6. The first kappa shape index (κ1) is 23.8. The highest BCUT2D eigenvalue weighted by atomic mass is 19.4. The van der Waals surface area contributed by atoms with Gasteiger partial charge in [0, 0.05) is 36.7 Å². The predicted octanol–water partition coefficient (Wildman–Crippen LogP) is 3.64. The summed E-state index contributed by atoms with van der Waals surface area (Å²) in [5.74, 6) is -0.284. The third-order valence-electron chi connectivity index (χ3n) is 5.94. The molecule has 2 aliphatic heterocycles. The molecule has 3 amide bonds. The Kier molecular flexibility index (Phi) is 6.92. The molecule has 2 saturated heterocycles. The fourth-order valence-corrected chi connectivity index (χ4v) is 4.15. The number of carbonyl (C=O) groups excluding carboxylic acids is 2. The molecule has 0 spiro atoms. The molecule has 0 aliphatic carbocycles. The Balaban J connectivity index is 1.36. The van der Waals surface area contributed by atoms with Crippen LogP contribution in [0.3, 0.4) is 0 Å². The molecule has 2 aliphatic rings. The number of morpholine rings is 1. The molecule has 11 heteroatoms. The molecule has 2 atom stereocenters. The van der Waals surface area contributed by atoms with E-state index >= 15 is 0 Å². The van der Waals surface area contributed by atoms with Crippen LogP contribution in [0.1, 0.15) is 25.3 Å². The van der Waals surface area contributed by atoms with E-state index in [1.165, 1.54) is 0 Å². The molecule has 0 bridgehead atoms. The van der Waals surface area contributed by atoms with Crippen molar-refractivity contribution in [2.24, 2.45) is 0 Å². The average Bonchev–Trinajstić information content (AvgIpc) is 2.81. The van der Waals surface area contributed by atoms with Crippen molar-refractivity contribution in [3.05, 3.63) is 48.2 Å². The summed E-state index contributed by atoms with van der Waals surface area (Å²) >= 11 is 0. The Morgan fingerprint density at radius 3 is 2.50 bits per heavy atom. The van der Waals surface area contributed by atoms with Crippen LogP contribution in [0.5, 0.6) is 0 Å². The molecule has 2 N–H and O–H groups in total. The minimum Gasteiger partial charge on any atom is -0.377 e. The van der Waals surface area contributed by atoms with Crippen LogP contribution in [0.25, 0.3) is 0 Å².